The summed E-state index contributed by atoms with van der Waals surface area (Å²) in [5, 5.41) is 4.20. The van der Waals surface area contributed by atoms with Crippen LogP contribution in [0.15, 0.2) is 54.1 Å². The van der Waals surface area contributed by atoms with E-state index in [0.717, 1.165) is 58.6 Å². The Morgan fingerprint density at radius 1 is 1.06 bits per heavy atom. The minimum atomic E-state index is -0.749. The Balaban J connectivity index is 1.49. The summed E-state index contributed by atoms with van der Waals surface area (Å²) in [4.78, 5) is 39.5. The van der Waals surface area contributed by atoms with Gasteiger partial charge < -0.3 is 9.30 Å². The predicted molar refractivity (Wildman–Crippen MR) is 126 cm³/mol. The zero-order valence-corrected chi connectivity index (χ0v) is 18.6. The number of carbonyl (C=O) groups excluding carboxylic acids is 3. The summed E-state index contributed by atoms with van der Waals surface area (Å²) in [7, 11) is 0. The molecule has 2 aromatic carbocycles. The highest BCUT2D eigenvalue weighted by atomic mass is 16.5. The zero-order valence-electron chi connectivity index (χ0n) is 18.6. The molecule has 168 valence electrons. The highest BCUT2D eigenvalue weighted by Crippen LogP contribution is 2.27. The van der Waals surface area contributed by atoms with E-state index < -0.39 is 17.8 Å². The largest absolute Gasteiger partial charge is 0.376 e. The molecule has 0 saturated carbocycles. The maximum absolute atomic E-state index is 13.3. The Bertz CT molecular complexity index is 1310. The van der Waals surface area contributed by atoms with Crippen LogP contribution in [0.5, 0.6) is 0 Å². The van der Waals surface area contributed by atoms with Gasteiger partial charge in [0.05, 0.1) is 11.8 Å². The molecule has 7 nitrogen and oxygen atoms in total. The molecule has 0 unspecified atom stereocenters. The topological polar surface area (TPSA) is 80.6 Å². The Kier molecular flexibility index (Phi) is 5.34. The van der Waals surface area contributed by atoms with Gasteiger partial charge in [0.2, 0.25) is 0 Å². The fraction of sp³-hybridized carbons (Fsp3) is 0.269. The number of benzene rings is 2. The molecule has 0 aliphatic carbocycles. The lowest BCUT2D eigenvalue weighted by molar-refractivity contribution is -0.122. The smallest absolute Gasteiger partial charge is 0.335 e. The van der Waals surface area contributed by atoms with E-state index in [-0.39, 0.29) is 11.7 Å². The number of nitrogens with one attached hydrogen (secondary N) is 1. The summed E-state index contributed by atoms with van der Waals surface area (Å²) in [5.41, 5.74) is 3.10. The normalized spacial score (nSPS) is 20.2. The Labute approximate surface area is 191 Å². The summed E-state index contributed by atoms with van der Waals surface area (Å²) in [6.07, 6.45) is 3.84. The molecule has 0 spiro atoms. The number of aryl methyl sites for hydroxylation is 1. The van der Waals surface area contributed by atoms with E-state index >= 15 is 0 Å². The molecular weight excluding hydrogens is 418 g/mol. The molecular formula is C26H25N3O4. The van der Waals surface area contributed by atoms with Gasteiger partial charge in [-0.3, -0.25) is 14.9 Å². The molecule has 0 bridgehead atoms. The number of anilines is 1. The minimum Gasteiger partial charge on any atom is -0.376 e. The average Bonchev–Trinajstić information content (AvgIpc) is 3.40. The number of nitrogens with zero attached hydrogens (tertiary/aromatic N) is 2. The third kappa shape index (κ3) is 3.85. The van der Waals surface area contributed by atoms with Crippen molar-refractivity contribution in [2.75, 3.05) is 11.5 Å². The summed E-state index contributed by atoms with van der Waals surface area (Å²) in [6, 6.07) is 14.2. The van der Waals surface area contributed by atoms with Crippen molar-refractivity contribution in [1.29, 1.82) is 0 Å². The van der Waals surface area contributed by atoms with Crippen LogP contribution in [0, 0.1) is 13.8 Å². The van der Waals surface area contributed by atoms with Gasteiger partial charge in [-0.05, 0) is 67.3 Å². The molecule has 3 heterocycles. The summed E-state index contributed by atoms with van der Waals surface area (Å²) >= 11 is 0. The first-order valence-electron chi connectivity index (χ1n) is 11.1. The van der Waals surface area contributed by atoms with Gasteiger partial charge in [-0.25, -0.2) is 9.69 Å². The molecule has 2 fully saturated rings. The number of ether oxygens (including phenoxy) is 1. The summed E-state index contributed by atoms with van der Waals surface area (Å²) in [5.74, 6) is -1.33. The van der Waals surface area contributed by atoms with Crippen LogP contribution in [-0.4, -0.2) is 35.1 Å². The van der Waals surface area contributed by atoms with Crippen molar-refractivity contribution in [3.63, 3.8) is 0 Å². The number of imide groups is 2. The first kappa shape index (κ1) is 21.2. The number of amides is 4. The predicted octanol–water partition coefficient (Wildman–Crippen LogP) is 4.10. The second-order valence-corrected chi connectivity index (χ2v) is 8.56. The van der Waals surface area contributed by atoms with Crippen molar-refractivity contribution >= 4 is 40.4 Å². The second kappa shape index (κ2) is 8.33. The molecule has 1 N–H and O–H groups in total. The van der Waals surface area contributed by atoms with E-state index in [1.165, 1.54) is 0 Å². The van der Waals surface area contributed by atoms with E-state index in [1.807, 2.05) is 50.2 Å². The van der Waals surface area contributed by atoms with Gasteiger partial charge in [0.25, 0.3) is 11.8 Å². The van der Waals surface area contributed by atoms with E-state index in [9.17, 15) is 14.4 Å². The van der Waals surface area contributed by atoms with E-state index in [1.54, 1.807) is 18.2 Å². The maximum atomic E-state index is 13.3. The molecule has 4 amide bonds. The van der Waals surface area contributed by atoms with E-state index in [4.69, 9.17) is 4.74 Å². The summed E-state index contributed by atoms with van der Waals surface area (Å²) < 4.78 is 7.92. The SMILES string of the molecule is Cc1cc(/C=C2/C(=O)NC(=O)N(c3ccc4ccccc4c3)C2=O)c(C)n1C[C@H]1CCCO1. The van der Waals surface area contributed by atoms with Gasteiger partial charge in [-0.15, -0.1) is 0 Å². The Hall–Kier alpha value is -3.71. The van der Waals surface area contributed by atoms with Crippen LogP contribution >= 0.6 is 0 Å². The fourth-order valence-corrected chi connectivity index (χ4v) is 4.61. The van der Waals surface area contributed by atoms with Crippen LogP contribution in [0.25, 0.3) is 16.8 Å². The third-order valence-corrected chi connectivity index (χ3v) is 6.42. The van der Waals surface area contributed by atoms with Crippen LogP contribution < -0.4 is 10.2 Å². The lowest BCUT2D eigenvalue weighted by Crippen LogP contribution is -2.54. The number of hydrogen-bond acceptors (Lipinski definition) is 4. The van der Waals surface area contributed by atoms with Gasteiger partial charge in [0.15, 0.2) is 0 Å². The molecule has 1 aromatic heterocycles. The van der Waals surface area contributed by atoms with E-state index in [2.05, 4.69) is 9.88 Å². The van der Waals surface area contributed by atoms with Gasteiger partial charge >= 0.3 is 6.03 Å². The van der Waals surface area contributed by atoms with Crippen molar-refractivity contribution in [3.8, 4) is 0 Å². The van der Waals surface area contributed by atoms with E-state index in [0.29, 0.717) is 5.69 Å². The van der Waals surface area contributed by atoms with Crippen molar-refractivity contribution in [3.05, 3.63) is 71.1 Å². The van der Waals surface area contributed by atoms with Crippen LogP contribution in [0.4, 0.5) is 10.5 Å². The highest BCUT2D eigenvalue weighted by molar-refractivity contribution is 6.39. The van der Waals surface area contributed by atoms with Crippen LogP contribution in [-0.2, 0) is 20.9 Å². The molecule has 2 saturated heterocycles. The average molecular weight is 444 g/mol. The third-order valence-electron chi connectivity index (χ3n) is 6.42. The number of urea groups is 1. The van der Waals surface area contributed by atoms with Crippen LogP contribution in [0.3, 0.4) is 0 Å². The van der Waals surface area contributed by atoms with Gasteiger partial charge in [0, 0.05) is 24.5 Å². The van der Waals surface area contributed by atoms with Gasteiger partial charge in [-0.1, -0.05) is 30.3 Å². The van der Waals surface area contributed by atoms with Gasteiger partial charge in [-0.2, -0.15) is 0 Å². The number of rotatable bonds is 4. The molecule has 2 aliphatic rings. The van der Waals surface area contributed by atoms with Crippen molar-refractivity contribution in [1.82, 2.24) is 9.88 Å². The Morgan fingerprint density at radius 2 is 1.85 bits per heavy atom. The number of aromatic nitrogens is 1. The number of barbiturate groups is 1. The standard InChI is InChI=1S/C26H25N3O4/c1-16-12-20(17(2)28(16)15-22-8-5-11-33-22)14-23-24(30)27-26(32)29(25(23)31)21-10-9-18-6-3-4-7-19(18)13-21/h3-4,6-7,9-10,12-14,22H,5,8,11,15H2,1-2H3,(H,27,30,32)/b23-14-/t22-/m1/s1. The number of carbonyl (C=O) groups is 3. The van der Waals surface area contributed by atoms with Crippen molar-refractivity contribution in [2.45, 2.75) is 39.3 Å². The lowest BCUT2D eigenvalue weighted by atomic mass is 10.1. The first-order chi connectivity index (χ1) is 15.9. The minimum absolute atomic E-state index is 0.0693. The van der Waals surface area contributed by atoms with Crippen LogP contribution in [0.2, 0.25) is 0 Å². The molecule has 33 heavy (non-hydrogen) atoms. The Morgan fingerprint density at radius 3 is 2.61 bits per heavy atom. The molecule has 1 atom stereocenters. The quantitative estimate of drug-likeness (QED) is 0.486. The van der Waals surface area contributed by atoms with Crippen molar-refractivity contribution in [2.24, 2.45) is 0 Å². The van der Waals surface area contributed by atoms with Gasteiger partial charge in [0.1, 0.15) is 5.57 Å². The number of fused-ring (bicyclic) bond motifs is 1. The van der Waals surface area contributed by atoms with Crippen LogP contribution in [0.1, 0.15) is 29.8 Å². The second-order valence-electron chi connectivity index (χ2n) is 8.56. The molecule has 3 aromatic rings. The maximum Gasteiger partial charge on any atom is 0.335 e. The molecule has 2 aliphatic heterocycles. The first-order valence-corrected chi connectivity index (χ1v) is 11.1. The highest BCUT2D eigenvalue weighted by Gasteiger charge is 2.37. The molecule has 0 radical (unpaired) electrons. The zero-order chi connectivity index (χ0) is 23.1. The molecule has 5 rings (SSSR count). The summed E-state index contributed by atoms with van der Waals surface area (Å²) in [6.45, 7) is 5.49. The molecule has 7 heteroatoms. The monoisotopic (exact) mass is 443 g/mol. The lowest BCUT2D eigenvalue weighted by Gasteiger charge is -2.26. The van der Waals surface area contributed by atoms with Crippen molar-refractivity contribution < 1.29 is 19.1 Å². The number of hydrogen-bond donors (Lipinski definition) is 1. The fourth-order valence-electron chi connectivity index (χ4n) is 4.61.